The fourth-order valence-corrected chi connectivity index (χ4v) is 4.54. The van der Waals surface area contributed by atoms with E-state index in [1.807, 2.05) is 48.5 Å². The first-order valence-electron chi connectivity index (χ1n) is 12.9. The number of anilines is 2. The number of amides is 2. The first-order valence-corrected chi connectivity index (χ1v) is 12.9. The molecule has 3 aromatic rings. The Bertz CT molecular complexity index is 1240. The number of carbonyl (C=O) groups excluding carboxylic acids is 2. The van der Waals surface area contributed by atoms with Crippen LogP contribution < -0.4 is 15.4 Å². The molecule has 0 spiro atoms. The summed E-state index contributed by atoms with van der Waals surface area (Å²) in [6.45, 7) is 1.69. The summed E-state index contributed by atoms with van der Waals surface area (Å²) in [5.74, 6) is 0.393. The van der Waals surface area contributed by atoms with Gasteiger partial charge in [-0.05, 0) is 55.6 Å². The van der Waals surface area contributed by atoms with Crippen LogP contribution in [0.5, 0.6) is 5.75 Å². The molecule has 0 aromatic heterocycles. The molecule has 3 aromatic carbocycles. The number of benzene rings is 3. The van der Waals surface area contributed by atoms with Crippen molar-refractivity contribution in [1.82, 2.24) is 4.90 Å². The largest absolute Gasteiger partial charge is 0.496 e. The monoisotopic (exact) mass is 517 g/mol. The molecule has 1 fully saturated rings. The number of aliphatic hydroxyl groups excluding tert-OH is 1. The van der Waals surface area contributed by atoms with Gasteiger partial charge in [-0.2, -0.15) is 0 Å². The van der Waals surface area contributed by atoms with E-state index in [1.165, 1.54) is 7.11 Å². The van der Waals surface area contributed by atoms with Crippen LogP contribution in [-0.2, 0) is 22.6 Å². The van der Waals surface area contributed by atoms with E-state index < -0.39 is 6.09 Å². The number of aliphatic hydroxyl groups is 1. The molecule has 2 amide bonds. The van der Waals surface area contributed by atoms with Gasteiger partial charge in [0.05, 0.1) is 19.4 Å². The average molecular weight is 518 g/mol. The van der Waals surface area contributed by atoms with Gasteiger partial charge in [-0.15, -0.1) is 0 Å². The number of hydrogen-bond acceptors (Lipinski definition) is 6. The number of nitrogens with one attached hydrogen (secondary N) is 2. The van der Waals surface area contributed by atoms with Gasteiger partial charge in [0.1, 0.15) is 11.9 Å². The van der Waals surface area contributed by atoms with Crippen molar-refractivity contribution in [1.29, 1.82) is 0 Å². The highest BCUT2D eigenvalue weighted by molar-refractivity contribution is 5.92. The van der Waals surface area contributed by atoms with Crippen LogP contribution in [0.25, 0.3) is 11.1 Å². The Morgan fingerprint density at radius 1 is 1.00 bits per heavy atom. The van der Waals surface area contributed by atoms with E-state index in [2.05, 4.69) is 22.6 Å². The van der Waals surface area contributed by atoms with Crippen molar-refractivity contribution in [3.63, 3.8) is 0 Å². The number of aryl methyl sites for hydroxylation is 1. The molecule has 8 heteroatoms. The molecular weight excluding hydrogens is 482 g/mol. The van der Waals surface area contributed by atoms with E-state index in [4.69, 9.17) is 9.47 Å². The molecule has 0 atom stereocenters. The number of carbonyl (C=O) groups is 2. The third-order valence-electron chi connectivity index (χ3n) is 6.73. The molecule has 0 saturated carbocycles. The topological polar surface area (TPSA) is 100 Å². The molecule has 4 rings (SSSR count). The Kier molecular flexibility index (Phi) is 9.35. The Hall–Kier alpha value is -3.88. The summed E-state index contributed by atoms with van der Waals surface area (Å²) < 4.78 is 11.0. The van der Waals surface area contributed by atoms with Crippen LogP contribution >= 0.6 is 0 Å². The van der Waals surface area contributed by atoms with Crippen molar-refractivity contribution < 1.29 is 24.2 Å². The third kappa shape index (κ3) is 7.34. The predicted molar refractivity (Wildman–Crippen MR) is 148 cm³/mol. The summed E-state index contributed by atoms with van der Waals surface area (Å²) in [5.41, 5.74) is 4.73. The van der Waals surface area contributed by atoms with E-state index in [9.17, 15) is 14.7 Å². The third-order valence-corrected chi connectivity index (χ3v) is 6.73. The first kappa shape index (κ1) is 27.2. The predicted octanol–water partition coefficient (Wildman–Crippen LogP) is 5.07. The lowest BCUT2D eigenvalue weighted by atomic mass is 9.99. The highest BCUT2D eigenvalue weighted by Gasteiger charge is 2.21. The van der Waals surface area contributed by atoms with Crippen LogP contribution in [0, 0.1) is 0 Å². The van der Waals surface area contributed by atoms with Crippen LogP contribution in [0.3, 0.4) is 0 Å². The van der Waals surface area contributed by atoms with Gasteiger partial charge in [-0.25, -0.2) is 4.79 Å². The van der Waals surface area contributed by atoms with Crippen LogP contribution in [0.2, 0.25) is 0 Å². The van der Waals surface area contributed by atoms with Crippen molar-refractivity contribution >= 4 is 23.4 Å². The zero-order valence-corrected chi connectivity index (χ0v) is 21.9. The lowest BCUT2D eigenvalue weighted by molar-refractivity contribution is -0.116. The van der Waals surface area contributed by atoms with Crippen LogP contribution in [-0.4, -0.2) is 55.4 Å². The van der Waals surface area contributed by atoms with E-state index in [0.29, 0.717) is 29.1 Å². The molecule has 0 aliphatic carbocycles. The van der Waals surface area contributed by atoms with Gasteiger partial charge in [0.2, 0.25) is 5.91 Å². The van der Waals surface area contributed by atoms with Crippen molar-refractivity contribution in [2.75, 3.05) is 37.9 Å². The summed E-state index contributed by atoms with van der Waals surface area (Å²) >= 11 is 0. The van der Waals surface area contributed by atoms with Gasteiger partial charge >= 0.3 is 6.09 Å². The van der Waals surface area contributed by atoms with E-state index in [-0.39, 0.29) is 25.0 Å². The zero-order valence-electron chi connectivity index (χ0n) is 21.9. The minimum Gasteiger partial charge on any atom is -0.496 e. The van der Waals surface area contributed by atoms with Crippen LogP contribution in [0.4, 0.5) is 16.2 Å². The molecule has 38 heavy (non-hydrogen) atoms. The molecule has 0 unspecified atom stereocenters. The van der Waals surface area contributed by atoms with E-state index in [0.717, 1.165) is 42.6 Å². The lowest BCUT2D eigenvalue weighted by Crippen LogP contribution is -2.36. The van der Waals surface area contributed by atoms with E-state index in [1.54, 1.807) is 18.2 Å². The fraction of sp³-hybridized carbons (Fsp3) is 0.333. The number of hydrogen-bond donors (Lipinski definition) is 3. The Morgan fingerprint density at radius 2 is 1.76 bits per heavy atom. The second kappa shape index (κ2) is 13.1. The molecule has 8 nitrogen and oxygen atoms in total. The Balaban J connectivity index is 1.42. The summed E-state index contributed by atoms with van der Waals surface area (Å²) in [4.78, 5) is 27.6. The summed E-state index contributed by atoms with van der Waals surface area (Å²) in [5, 5.41) is 15.2. The minimum absolute atomic E-state index is 0.0797. The zero-order chi connectivity index (χ0) is 26.9. The molecular formula is C30H35N3O5. The molecule has 0 radical (unpaired) electrons. The molecule has 1 heterocycles. The lowest BCUT2D eigenvalue weighted by Gasteiger charge is -2.28. The molecule has 200 valence electrons. The quantitative estimate of drug-likeness (QED) is 0.367. The molecule has 1 aliphatic heterocycles. The van der Waals surface area contributed by atoms with E-state index >= 15 is 0 Å². The number of nitrogens with zero attached hydrogens (tertiary/aromatic N) is 1. The van der Waals surface area contributed by atoms with Gasteiger partial charge in [0.15, 0.2) is 0 Å². The molecule has 1 saturated heterocycles. The fourth-order valence-electron chi connectivity index (χ4n) is 4.54. The number of methoxy groups -OCH3 is 1. The maximum Gasteiger partial charge on any atom is 0.411 e. The number of ether oxygens (including phenoxy) is 2. The number of rotatable bonds is 9. The van der Waals surface area contributed by atoms with Gasteiger partial charge in [0.25, 0.3) is 0 Å². The van der Waals surface area contributed by atoms with Gasteiger partial charge in [-0.3, -0.25) is 10.1 Å². The highest BCUT2D eigenvalue weighted by Crippen LogP contribution is 2.30. The number of piperidine rings is 1. The maximum atomic E-state index is 12.7. The summed E-state index contributed by atoms with van der Waals surface area (Å²) in [6.07, 6.45) is 1.93. The maximum absolute atomic E-state index is 12.7. The Labute approximate surface area is 223 Å². The smallest absolute Gasteiger partial charge is 0.411 e. The standard InChI is InChI=1S/C30H35N3O5/c1-33-16-14-25(15-17-33)38-30(36)32-27-12-8-21(18-26(27)22-6-4-3-5-7-22)9-13-29(35)31-24-11-10-23(20-34)28(19-24)37-2/h3-8,10-12,18-19,25,34H,9,13-17,20H2,1-2H3,(H,31,35)(H,32,36). The molecule has 1 aliphatic rings. The van der Waals surface area contributed by atoms with Gasteiger partial charge in [0, 0.05) is 42.4 Å². The highest BCUT2D eigenvalue weighted by atomic mass is 16.6. The van der Waals surface area contributed by atoms with Gasteiger partial charge in [-0.1, -0.05) is 42.5 Å². The normalized spacial score (nSPS) is 14.1. The minimum atomic E-state index is -0.452. The molecule has 3 N–H and O–H groups in total. The average Bonchev–Trinajstić information content (AvgIpc) is 2.94. The van der Waals surface area contributed by atoms with Gasteiger partial charge < -0.3 is 24.8 Å². The van der Waals surface area contributed by atoms with Crippen molar-refractivity contribution in [2.24, 2.45) is 0 Å². The SMILES string of the molecule is COc1cc(NC(=O)CCc2ccc(NC(=O)OC3CCN(C)CC3)c(-c3ccccc3)c2)ccc1CO. The van der Waals surface area contributed by atoms with Crippen molar-refractivity contribution in [2.45, 2.75) is 38.4 Å². The summed E-state index contributed by atoms with van der Waals surface area (Å²) in [6, 6.07) is 20.8. The summed E-state index contributed by atoms with van der Waals surface area (Å²) in [7, 11) is 3.59. The van der Waals surface area contributed by atoms with Crippen molar-refractivity contribution in [3.05, 3.63) is 77.9 Å². The first-order chi connectivity index (χ1) is 18.4. The van der Waals surface area contributed by atoms with Crippen LogP contribution in [0.15, 0.2) is 66.7 Å². The van der Waals surface area contributed by atoms with Crippen molar-refractivity contribution in [3.8, 4) is 16.9 Å². The second-order valence-corrected chi connectivity index (χ2v) is 9.51. The second-order valence-electron chi connectivity index (χ2n) is 9.51. The van der Waals surface area contributed by atoms with Crippen LogP contribution in [0.1, 0.15) is 30.4 Å². The molecule has 0 bridgehead atoms. The number of likely N-dealkylation sites (tertiary alicyclic amines) is 1. The Morgan fingerprint density at radius 3 is 2.47 bits per heavy atom.